The van der Waals surface area contributed by atoms with Crippen LogP contribution in [0.2, 0.25) is 0 Å². The number of carbonyl (C=O) groups is 5. The monoisotopic (exact) mass is 433 g/mol. The number of hydrogen-bond donors (Lipinski definition) is 4. The van der Waals surface area contributed by atoms with Crippen molar-refractivity contribution in [3.63, 3.8) is 0 Å². The third kappa shape index (κ3) is 6.78. The molecule has 0 saturated carbocycles. The summed E-state index contributed by atoms with van der Waals surface area (Å²) in [5.74, 6) is -3.33. The highest BCUT2D eigenvalue weighted by Crippen LogP contribution is 2.16. The molecule has 1 fully saturated rings. The number of piperazine rings is 1. The molecule has 11 heteroatoms. The Kier molecular flexibility index (Phi) is 8.50. The largest absolute Gasteiger partial charge is 0.480 e. The molecule has 0 spiro atoms. The fourth-order valence-electron chi connectivity index (χ4n) is 3.36. The lowest BCUT2D eigenvalue weighted by atomic mass is 10.0. The van der Waals surface area contributed by atoms with Gasteiger partial charge < -0.3 is 31.7 Å². The highest BCUT2D eigenvalue weighted by molar-refractivity contribution is 5.97. The van der Waals surface area contributed by atoms with Gasteiger partial charge in [-0.3, -0.25) is 24.0 Å². The fraction of sp³-hybridized carbons (Fsp3) is 0.450. The Labute approximate surface area is 179 Å². The van der Waals surface area contributed by atoms with Gasteiger partial charge in [-0.25, -0.2) is 0 Å². The molecule has 0 bridgehead atoms. The summed E-state index contributed by atoms with van der Waals surface area (Å²) in [6.45, 7) is -0.214. The average Bonchev–Trinajstić information content (AvgIpc) is 2.72. The molecule has 1 aliphatic rings. The summed E-state index contributed by atoms with van der Waals surface area (Å²) < 4.78 is 0. The quantitative estimate of drug-likeness (QED) is 0.340. The maximum atomic E-state index is 12.7. The Bertz CT molecular complexity index is 841. The van der Waals surface area contributed by atoms with Crippen LogP contribution in [0.1, 0.15) is 28.8 Å². The number of primary amides is 1. The minimum absolute atomic E-state index is 0.0213. The van der Waals surface area contributed by atoms with Gasteiger partial charge in [-0.1, -0.05) is 12.1 Å². The first-order valence-corrected chi connectivity index (χ1v) is 9.88. The van der Waals surface area contributed by atoms with Crippen molar-refractivity contribution in [2.75, 3.05) is 32.7 Å². The van der Waals surface area contributed by atoms with Gasteiger partial charge in [-0.2, -0.15) is 0 Å². The number of nitrogens with one attached hydrogen (secondary N) is 1. The standard InChI is InChI=1S/C20H27N5O6/c21-8-7-13-1-3-14(4-2-13)19(30)23-11-17(27)25-10-9-24(12-18(28)29)20(31)15(25)5-6-16(22)26/h1-4,15H,5-12,21H2,(H2,22,26)(H,23,30)(H,28,29)/t15-/m0/s1. The van der Waals surface area contributed by atoms with Crippen LogP contribution in [0, 0.1) is 0 Å². The van der Waals surface area contributed by atoms with Crippen molar-refractivity contribution in [3.05, 3.63) is 35.4 Å². The molecule has 0 aliphatic carbocycles. The van der Waals surface area contributed by atoms with E-state index in [0.717, 1.165) is 10.5 Å². The zero-order chi connectivity index (χ0) is 23.0. The number of amides is 4. The molecule has 1 aromatic carbocycles. The summed E-state index contributed by atoms with van der Waals surface area (Å²) in [5, 5.41) is 11.5. The van der Waals surface area contributed by atoms with Crippen LogP contribution < -0.4 is 16.8 Å². The predicted molar refractivity (Wildman–Crippen MR) is 110 cm³/mol. The molecule has 1 aromatic rings. The average molecular weight is 433 g/mol. The summed E-state index contributed by atoms with van der Waals surface area (Å²) in [6, 6.07) is 5.82. The van der Waals surface area contributed by atoms with Gasteiger partial charge in [0.1, 0.15) is 12.6 Å². The van der Waals surface area contributed by atoms with Crippen LogP contribution in [0.25, 0.3) is 0 Å². The van der Waals surface area contributed by atoms with Crippen molar-refractivity contribution in [2.24, 2.45) is 11.5 Å². The van der Waals surface area contributed by atoms with Crippen molar-refractivity contribution in [1.82, 2.24) is 15.1 Å². The van der Waals surface area contributed by atoms with Crippen LogP contribution in [0.3, 0.4) is 0 Å². The predicted octanol–water partition coefficient (Wildman–Crippen LogP) is -1.69. The van der Waals surface area contributed by atoms with E-state index in [1.807, 2.05) is 0 Å². The first-order valence-electron chi connectivity index (χ1n) is 9.88. The Morgan fingerprint density at radius 1 is 1.13 bits per heavy atom. The summed E-state index contributed by atoms with van der Waals surface area (Å²) >= 11 is 0. The summed E-state index contributed by atoms with van der Waals surface area (Å²) in [7, 11) is 0. The molecule has 31 heavy (non-hydrogen) atoms. The topological polar surface area (TPSA) is 176 Å². The van der Waals surface area contributed by atoms with E-state index in [1.54, 1.807) is 24.3 Å². The van der Waals surface area contributed by atoms with Gasteiger partial charge >= 0.3 is 5.97 Å². The number of hydrogen-bond acceptors (Lipinski definition) is 6. The lowest BCUT2D eigenvalue weighted by molar-refractivity contribution is -0.155. The number of carboxylic acid groups (broad SMARTS) is 1. The van der Waals surface area contributed by atoms with E-state index >= 15 is 0 Å². The van der Waals surface area contributed by atoms with Gasteiger partial charge in [0.15, 0.2) is 0 Å². The van der Waals surface area contributed by atoms with E-state index in [1.165, 1.54) is 4.90 Å². The van der Waals surface area contributed by atoms with Crippen molar-refractivity contribution in [2.45, 2.75) is 25.3 Å². The Hall–Kier alpha value is -3.47. The van der Waals surface area contributed by atoms with Gasteiger partial charge in [0.05, 0.1) is 6.54 Å². The molecule has 0 aromatic heterocycles. The van der Waals surface area contributed by atoms with Crippen molar-refractivity contribution >= 4 is 29.6 Å². The lowest BCUT2D eigenvalue weighted by Crippen LogP contribution is -2.60. The van der Waals surface area contributed by atoms with Gasteiger partial charge in [-0.15, -0.1) is 0 Å². The van der Waals surface area contributed by atoms with Crippen LogP contribution in [-0.2, 0) is 25.6 Å². The van der Waals surface area contributed by atoms with Crippen molar-refractivity contribution < 1.29 is 29.1 Å². The maximum absolute atomic E-state index is 12.7. The molecular formula is C20H27N5O6. The normalized spacial score (nSPS) is 16.2. The Morgan fingerprint density at radius 2 is 1.81 bits per heavy atom. The van der Waals surface area contributed by atoms with Crippen LogP contribution in [-0.4, -0.2) is 83.3 Å². The van der Waals surface area contributed by atoms with E-state index < -0.39 is 42.2 Å². The maximum Gasteiger partial charge on any atom is 0.323 e. The van der Waals surface area contributed by atoms with Crippen molar-refractivity contribution in [3.8, 4) is 0 Å². The van der Waals surface area contributed by atoms with E-state index in [9.17, 15) is 24.0 Å². The molecule has 1 aliphatic heterocycles. The molecular weight excluding hydrogens is 406 g/mol. The van der Waals surface area contributed by atoms with Gasteiger partial charge in [0.25, 0.3) is 5.91 Å². The van der Waals surface area contributed by atoms with Crippen LogP contribution >= 0.6 is 0 Å². The van der Waals surface area contributed by atoms with Crippen LogP contribution in [0.4, 0.5) is 0 Å². The van der Waals surface area contributed by atoms with E-state index in [0.29, 0.717) is 18.5 Å². The minimum atomic E-state index is -1.17. The second kappa shape index (κ2) is 11.1. The molecule has 4 amide bonds. The lowest BCUT2D eigenvalue weighted by Gasteiger charge is -2.40. The third-order valence-electron chi connectivity index (χ3n) is 4.94. The molecule has 2 rings (SSSR count). The second-order valence-electron chi connectivity index (χ2n) is 7.18. The molecule has 6 N–H and O–H groups in total. The summed E-state index contributed by atoms with van der Waals surface area (Å²) in [5.41, 5.74) is 12.0. The van der Waals surface area contributed by atoms with Gasteiger partial charge in [0, 0.05) is 25.1 Å². The van der Waals surface area contributed by atoms with Gasteiger partial charge in [-0.05, 0) is 37.1 Å². The van der Waals surface area contributed by atoms with Gasteiger partial charge in [0.2, 0.25) is 17.7 Å². The third-order valence-corrected chi connectivity index (χ3v) is 4.94. The molecule has 11 nitrogen and oxygen atoms in total. The number of nitrogens with zero attached hydrogens (tertiary/aromatic N) is 2. The number of carbonyl (C=O) groups excluding carboxylic acids is 4. The molecule has 1 heterocycles. The minimum Gasteiger partial charge on any atom is -0.480 e. The number of carboxylic acids is 1. The van der Waals surface area contributed by atoms with Crippen LogP contribution in [0.5, 0.6) is 0 Å². The van der Waals surface area contributed by atoms with E-state index in [4.69, 9.17) is 16.6 Å². The SMILES string of the molecule is NCCc1ccc(C(=O)NCC(=O)N2CCN(CC(=O)O)C(=O)[C@@H]2CCC(N)=O)cc1. The molecule has 0 radical (unpaired) electrons. The van der Waals surface area contributed by atoms with E-state index in [-0.39, 0.29) is 32.5 Å². The molecule has 168 valence electrons. The summed E-state index contributed by atoms with van der Waals surface area (Å²) in [4.78, 5) is 62.2. The van der Waals surface area contributed by atoms with E-state index in [2.05, 4.69) is 5.32 Å². The first kappa shape index (κ1) is 23.8. The zero-order valence-electron chi connectivity index (χ0n) is 17.1. The second-order valence-corrected chi connectivity index (χ2v) is 7.18. The Balaban J connectivity index is 2.01. The highest BCUT2D eigenvalue weighted by atomic mass is 16.4. The Morgan fingerprint density at radius 3 is 2.39 bits per heavy atom. The smallest absolute Gasteiger partial charge is 0.323 e. The number of aliphatic carboxylic acids is 1. The fourth-order valence-corrected chi connectivity index (χ4v) is 3.36. The number of benzene rings is 1. The van der Waals surface area contributed by atoms with Crippen molar-refractivity contribution in [1.29, 1.82) is 0 Å². The first-order chi connectivity index (χ1) is 14.7. The highest BCUT2D eigenvalue weighted by Gasteiger charge is 2.37. The number of nitrogens with two attached hydrogens (primary N) is 2. The zero-order valence-corrected chi connectivity index (χ0v) is 17.1. The molecule has 0 unspecified atom stereocenters. The molecule has 1 saturated heterocycles. The molecule has 1 atom stereocenters. The van der Waals surface area contributed by atoms with Crippen LogP contribution in [0.15, 0.2) is 24.3 Å². The number of rotatable bonds is 10. The summed E-state index contributed by atoms with van der Waals surface area (Å²) in [6.07, 6.45) is 0.532.